The summed E-state index contributed by atoms with van der Waals surface area (Å²) in [6, 6.07) is 9.97. The van der Waals surface area contributed by atoms with Crippen LogP contribution in [0.5, 0.6) is 5.75 Å². The Kier molecular flexibility index (Phi) is 5.16. The molecule has 1 heterocycles. The Labute approximate surface area is 155 Å². The van der Waals surface area contributed by atoms with Crippen molar-refractivity contribution >= 4 is 40.8 Å². The molecule has 25 heavy (non-hydrogen) atoms. The number of anilines is 1. The van der Waals surface area contributed by atoms with Gasteiger partial charge in [-0.2, -0.15) is 0 Å². The van der Waals surface area contributed by atoms with E-state index in [-0.39, 0.29) is 12.5 Å². The maximum atomic E-state index is 12.5. The van der Waals surface area contributed by atoms with Gasteiger partial charge in [0.2, 0.25) is 0 Å². The first kappa shape index (κ1) is 17.6. The second kappa shape index (κ2) is 7.33. The van der Waals surface area contributed by atoms with Gasteiger partial charge in [-0.25, -0.2) is 4.79 Å². The number of carbonyl (C=O) groups is 2. The summed E-state index contributed by atoms with van der Waals surface area (Å²) in [7, 11) is 1.34. The molecule has 0 radical (unpaired) electrons. The fourth-order valence-corrected chi connectivity index (χ4v) is 3.05. The minimum Gasteiger partial charge on any atom is -0.482 e. The van der Waals surface area contributed by atoms with E-state index < -0.39 is 5.97 Å². The van der Waals surface area contributed by atoms with Crippen molar-refractivity contribution in [2.45, 2.75) is 6.42 Å². The Morgan fingerprint density at radius 2 is 1.96 bits per heavy atom. The number of esters is 1. The molecule has 1 amide bonds. The van der Waals surface area contributed by atoms with Crippen molar-refractivity contribution in [2.75, 3.05) is 25.2 Å². The molecule has 7 heteroatoms. The topological polar surface area (TPSA) is 55.8 Å². The van der Waals surface area contributed by atoms with E-state index in [4.69, 9.17) is 32.7 Å². The summed E-state index contributed by atoms with van der Waals surface area (Å²) >= 11 is 11.9. The Hall–Kier alpha value is -2.24. The van der Waals surface area contributed by atoms with Crippen LogP contribution in [-0.2, 0) is 16.0 Å². The van der Waals surface area contributed by atoms with Crippen LogP contribution in [-0.4, -0.2) is 32.1 Å². The van der Waals surface area contributed by atoms with Crippen LogP contribution in [0.2, 0.25) is 10.0 Å². The van der Waals surface area contributed by atoms with Crippen LogP contribution in [0.25, 0.3) is 0 Å². The number of fused-ring (bicyclic) bond motifs is 1. The summed E-state index contributed by atoms with van der Waals surface area (Å²) in [4.78, 5) is 25.7. The van der Waals surface area contributed by atoms with Crippen molar-refractivity contribution in [3.63, 3.8) is 0 Å². The van der Waals surface area contributed by atoms with Crippen molar-refractivity contribution < 1.29 is 19.1 Å². The number of rotatable bonds is 4. The van der Waals surface area contributed by atoms with E-state index in [1.807, 2.05) is 0 Å². The number of hydrogen-bond donors (Lipinski definition) is 0. The summed E-state index contributed by atoms with van der Waals surface area (Å²) < 4.78 is 10.2. The first-order valence-corrected chi connectivity index (χ1v) is 8.34. The molecule has 2 aromatic rings. The van der Waals surface area contributed by atoms with E-state index in [1.165, 1.54) is 7.11 Å². The highest BCUT2D eigenvalue weighted by atomic mass is 35.5. The molecule has 1 aliphatic heterocycles. The summed E-state index contributed by atoms with van der Waals surface area (Å²) in [6.45, 7) is 0.379. The minimum atomic E-state index is -0.397. The Bertz CT molecular complexity index is 838. The quantitative estimate of drug-likeness (QED) is 0.759. The SMILES string of the molecule is COC(=O)c1ccc2c(c1)CCN2C(=O)COc1cc(Cl)ccc1Cl. The van der Waals surface area contributed by atoms with E-state index in [9.17, 15) is 9.59 Å². The van der Waals surface area contributed by atoms with Crippen LogP contribution in [0.4, 0.5) is 5.69 Å². The highest BCUT2D eigenvalue weighted by Crippen LogP contribution is 2.30. The second-order valence-electron chi connectivity index (χ2n) is 5.49. The molecule has 0 saturated heterocycles. The normalized spacial score (nSPS) is 12.7. The van der Waals surface area contributed by atoms with Gasteiger partial charge in [-0.3, -0.25) is 4.79 Å². The van der Waals surface area contributed by atoms with E-state index in [0.29, 0.717) is 34.3 Å². The van der Waals surface area contributed by atoms with Gasteiger partial charge in [-0.15, -0.1) is 0 Å². The number of ether oxygens (including phenoxy) is 2. The first-order chi connectivity index (χ1) is 12.0. The van der Waals surface area contributed by atoms with Crippen molar-refractivity contribution in [1.82, 2.24) is 0 Å². The standard InChI is InChI=1S/C18H15Cl2NO4/c1-24-18(23)12-2-5-15-11(8-12)6-7-21(15)17(22)10-25-16-9-13(19)3-4-14(16)20/h2-5,8-9H,6-7,10H2,1H3. The highest BCUT2D eigenvalue weighted by Gasteiger charge is 2.26. The molecule has 0 aliphatic carbocycles. The van der Waals surface area contributed by atoms with Crippen LogP contribution in [0.1, 0.15) is 15.9 Å². The molecule has 5 nitrogen and oxygen atoms in total. The predicted octanol–water partition coefficient (Wildman–Crippen LogP) is 3.75. The Balaban J connectivity index is 1.71. The number of carbonyl (C=O) groups excluding carboxylic acids is 2. The van der Waals surface area contributed by atoms with Crippen molar-refractivity contribution in [2.24, 2.45) is 0 Å². The van der Waals surface area contributed by atoms with Crippen LogP contribution >= 0.6 is 23.2 Å². The van der Waals surface area contributed by atoms with Gasteiger partial charge in [0.15, 0.2) is 6.61 Å². The van der Waals surface area contributed by atoms with E-state index in [0.717, 1.165) is 11.3 Å². The van der Waals surface area contributed by atoms with Crippen molar-refractivity contribution in [1.29, 1.82) is 0 Å². The molecule has 3 rings (SSSR count). The molecule has 0 spiro atoms. The number of methoxy groups -OCH3 is 1. The molecular weight excluding hydrogens is 365 g/mol. The van der Waals surface area contributed by atoms with Gasteiger partial charge < -0.3 is 14.4 Å². The average Bonchev–Trinajstić information content (AvgIpc) is 3.04. The maximum Gasteiger partial charge on any atom is 0.337 e. The smallest absolute Gasteiger partial charge is 0.337 e. The van der Waals surface area contributed by atoms with Gasteiger partial charge in [0.25, 0.3) is 5.91 Å². The maximum absolute atomic E-state index is 12.5. The average molecular weight is 380 g/mol. The molecule has 0 bridgehead atoms. The van der Waals surface area contributed by atoms with Gasteiger partial charge in [0.05, 0.1) is 17.7 Å². The predicted molar refractivity (Wildman–Crippen MR) is 95.8 cm³/mol. The third kappa shape index (κ3) is 3.72. The van der Waals surface area contributed by atoms with Crippen molar-refractivity contribution in [3.05, 3.63) is 57.6 Å². The fraction of sp³-hybridized carbons (Fsp3) is 0.222. The van der Waals surface area contributed by atoms with Crippen molar-refractivity contribution in [3.8, 4) is 5.75 Å². The molecule has 0 saturated carbocycles. The third-order valence-electron chi connectivity index (χ3n) is 3.94. The van der Waals surface area contributed by atoms with E-state index >= 15 is 0 Å². The molecule has 0 fully saturated rings. The van der Waals surface area contributed by atoms with E-state index in [2.05, 4.69) is 0 Å². The van der Waals surface area contributed by atoms with Gasteiger partial charge in [0, 0.05) is 23.3 Å². The number of hydrogen-bond acceptors (Lipinski definition) is 4. The molecule has 0 atom stereocenters. The second-order valence-corrected chi connectivity index (χ2v) is 6.34. The van der Waals surface area contributed by atoms with Gasteiger partial charge >= 0.3 is 5.97 Å². The van der Waals surface area contributed by atoms with Crippen LogP contribution in [0.15, 0.2) is 36.4 Å². The molecule has 0 unspecified atom stereocenters. The zero-order valence-corrected chi connectivity index (χ0v) is 14.9. The van der Waals surface area contributed by atoms with Crippen LogP contribution < -0.4 is 9.64 Å². The summed E-state index contributed by atoms with van der Waals surface area (Å²) in [5.74, 6) is -0.227. The molecule has 2 aromatic carbocycles. The number of halogens is 2. The van der Waals surface area contributed by atoms with Gasteiger partial charge in [-0.05, 0) is 42.3 Å². The lowest BCUT2D eigenvalue weighted by Crippen LogP contribution is -2.33. The van der Waals surface area contributed by atoms with Gasteiger partial charge in [-0.1, -0.05) is 23.2 Å². The highest BCUT2D eigenvalue weighted by molar-refractivity contribution is 6.34. The number of nitrogens with zero attached hydrogens (tertiary/aromatic N) is 1. The molecular formula is C18H15Cl2NO4. The first-order valence-electron chi connectivity index (χ1n) is 7.59. The summed E-state index contributed by atoms with van der Waals surface area (Å²) in [5, 5.41) is 0.871. The Morgan fingerprint density at radius 3 is 2.72 bits per heavy atom. The number of benzene rings is 2. The van der Waals surface area contributed by atoms with Crippen LogP contribution in [0, 0.1) is 0 Å². The zero-order chi connectivity index (χ0) is 18.0. The lowest BCUT2D eigenvalue weighted by atomic mass is 10.1. The lowest BCUT2D eigenvalue weighted by molar-refractivity contribution is -0.120. The molecule has 1 aliphatic rings. The summed E-state index contributed by atoms with van der Waals surface area (Å²) in [6.07, 6.45) is 0.670. The minimum absolute atomic E-state index is 0.155. The molecule has 0 aromatic heterocycles. The third-order valence-corrected chi connectivity index (χ3v) is 4.49. The van der Waals surface area contributed by atoms with Gasteiger partial charge in [0.1, 0.15) is 5.75 Å². The zero-order valence-electron chi connectivity index (χ0n) is 13.4. The molecule has 0 N–H and O–H groups in total. The Morgan fingerprint density at radius 1 is 1.16 bits per heavy atom. The summed E-state index contributed by atoms with van der Waals surface area (Å²) in [5.41, 5.74) is 2.17. The fourth-order valence-electron chi connectivity index (χ4n) is 2.71. The molecule has 130 valence electrons. The number of amides is 1. The lowest BCUT2D eigenvalue weighted by Gasteiger charge is -2.18. The monoisotopic (exact) mass is 379 g/mol. The van der Waals surface area contributed by atoms with E-state index in [1.54, 1.807) is 41.3 Å². The largest absolute Gasteiger partial charge is 0.482 e. The van der Waals surface area contributed by atoms with Crippen LogP contribution in [0.3, 0.4) is 0 Å².